The Labute approximate surface area is 118 Å². The molecule has 0 saturated carbocycles. The maximum atomic E-state index is 3.59. The van der Waals surface area contributed by atoms with Crippen molar-refractivity contribution in [3.63, 3.8) is 0 Å². The highest BCUT2D eigenvalue weighted by Crippen LogP contribution is 2.29. The van der Waals surface area contributed by atoms with Crippen molar-refractivity contribution >= 4 is 5.69 Å². The van der Waals surface area contributed by atoms with Crippen molar-refractivity contribution < 1.29 is 0 Å². The molecule has 2 heteroatoms. The summed E-state index contributed by atoms with van der Waals surface area (Å²) in [6, 6.07) is 3.04. The maximum absolute atomic E-state index is 3.59. The van der Waals surface area contributed by atoms with Crippen LogP contribution in [0.3, 0.4) is 0 Å². The largest absolute Gasteiger partial charge is 0.374 e. The molecule has 1 aliphatic rings. The van der Waals surface area contributed by atoms with Gasteiger partial charge in [-0.3, -0.25) is 0 Å². The molecule has 0 amide bonds. The van der Waals surface area contributed by atoms with E-state index in [9.17, 15) is 0 Å². The van der Waals surface area contributed by atoms with Gasteiger partial charge in [0, 0.05) is 25.3 Å². The van der Waals surface area contributed by atoms with Gasteiger partial charge in [-0.15, -0.1) is 0 Å². The Morgan fingerprint density at radius 1 is 1.16 bits per heavy atom. The number of anilines is 1. The quantitative estimate of drug-likeness (QED) is 0.891. The van der Waals surface area contributed by atoms with E-state index in [1.165, 1.54) is 53.7 Å². The third-order valence-electron chi connectivity index (χ3n) is 4.68. The first-order valence-corrected chi connectivity index (χ1v) is 7.52. The average molecular weight is 260 g/mol. The van der Waals surface area contributed by atoms with Crippen LogP contribution in [0.15, 0.2) is 6.07 Å². The molecule has 0 aromatic heterocycles. The standard InChI is InChI=1S/C17H28N2/c1-12-11-13(2)15(4)17(14(12)3)19(5)10-8-16-7-6-9-18-16/h11,16,18H,6-10H2,1-5H3. The molecule has 106 valence electrons. The van der Waals surface area contributed by atoms with E-state index in [1.54, 1.807) is 0 Å². The van der Waals surface area contributed by atoms with Gasteiger partial charge in [0.1, 0.15) is 0 Å². The number of rotatable bonds is 4. The summed E-state index contributed by atoms with van der Waals surface area (Å²) in [7, 11) is 2.24. The Balaban J connectivity index is 2.11. The lowest BCUT2D eigenvalue weighted by Crippen LogP contribution is -2.29. The zero-order valence-corrected chi connectivity index (χ0v) is 13.1. The molecule has 0 bridgehead atoms. The molecular formula is C17H28N2. The Morgan fingerprint density at radius 3 is 2.32 bits per heavy atom. The molecule has 1 saturated heterocycles. The van der Waals surface area contributed by atoms with Gasteiger partial charge >= 0.3 is 0 Å². The summed E-state index contributed by atoms with van der Waals surface area (Å²) in [6.07, 6.45) is 3.94. The van der Waals surface area contributed by atoms with Crippen LogP contribution in [0, 0.1) is 27.7 Å². The molecule has 0 radical (unpaired) electrons. The lowest BCUT2D eigenvalue weighted by Gasteiger charge is -2.27. The normalized spacial score (nSPS) is 18.9. The monoisotopic (exact) mass is 260 g/mol. The van der Waals surface area contributed by atoms with Crippen LogP contribution in [0.2, 0.25) is 0 Å². The van der Waals surface area contributed by atoms with Crippen LogP contribution in [0.1, 0.15) is 41.5 Å². The summed E-state index contributed by atoms with van der Waals surface area (Å²) in [4.78, 5) is 2.45. The average Bonchev–Trinajstić information content (AvgIpc) is 2.87. The summed E-state index contributed by atoms with van der Waals surface area (Å²) in [5.74, 6) is 0. The van der Waals surface area contributed by atoms with E-state index in [0.717, 1.165) is 12.6 Å². The zero-order chi connectivity index (χ0) is 14.0. The molecule has 1 aromatic carbocycles. The van der Waals surface area contributed by atoms with Gasteiger partial charge in [0.2, 0.25) is 0 Å². The van der Waals surface area contributed by atoms with Crippen LogP contribution in [-0.2, 0) is 0 Å². The second-order valence-electron chi connectivity index (χ2n) is 6.11. The predicted molar refractivity (Wildman–Crippen MR) is 84.3 cm³/mol. The van der Waals surface area contributed by atoms with Gasteiger partial charge in [0.05, 0.1) is 0 Å². The van der Waals surface area contributed by atoms with E-state index in [2.05, 4.69) is 51.0 Å². The van der Waals surface area contributed by atoms with Gasteiger partial charge in [0.15, 0.2) is 0 Å². The zero-order valence-electron chi connectivity index (χ0n) is 13.1. The second kappa shape index (κ2) is 5.96. The molecule has 1 heterocycles. The highest BCUT2D eigenvalue weighted by Gasteiger charge is 2.16. The first-order chi connectivity index (χ1) is 9.00. The highest BCUT2D eigenvalue weighted by atomic mass is 15.1. The first-order valence-electron chi connectivity index (χ1n) is 7.52. The Hall–Kier alpha value is -1.02. The van der Waals surface area contributed by atoms with Gasteiger partial charge in [-0.25, -0.2) is 0 Å². The fourth-order valence-corrected chi connectivity index (χ4v) is 3.23. The third-order valence-corrected chi connectivity index (χ3v) is 4.68. The van der Waals surface area contributed by atoms with Crippen molar-refractivity contribution in [1.29, 1.82) is 0 Å². The molecule has 1 unspecified atom stereocenters. The molecule has 1 atom stereocenters. The van der Waals surface area contributed by atoms with Crippen molar-refractivity contribution in [2.75, 3.05) is 25.0 Å². The number of hydrogen-bond donors (Lipinski definition) is 1. The van der Waals surface area contributed by atoms with Gasteiger partial charge in [0.25, 0.3) is 0 Å². The van der Waals surface area contributed by atoms with Crippen molar-refractivity contribution in [2.24, 2.45) is 0 Å². The molecule has 1 aliphatic heterocycles. The van der Waals surface area contributed by atoms with Crippen molar-refractivity contribution in [3.8, 4) is 0 Å². The number of hydrogen-bond acceptors (Lipinski definition) is 2. The van der Waals surface area contributed by atoms with Crippen LogP contribution in [0.4, 0.5) is 5.69 Å². The summed E-state index contributed by atoms with van der Waals surface area (Å²) in [6.45, 7) is 11.3. The van der Waals surface area contributed by atoms with Gasteiger partial charge in [-0.05, 0) is 75.8 Å². The van der Waals surface area contributed by atoms with E-state index in [-0.39, 0.29) is 0 Å². The molecule has 0 spiro atoms. The number of aryl methyl sites for hydroxylation is 2. The van der Waals surface area contributed by atoms with Crippen LogP contribution in [-0.4, -0.2) is 26.2 Å². The van der Waals surface area contributed by atoms with E-state index in [1.807, 2.05) is 0 Å². The predicted octanol–water partition coefficient (Wildman–Crippen LogP) is 3.50. The molecular weight excluding hydrogens is 232 g/mol. The van der Waals surface area contributed by atoms with Crippen LogP contribution in [0.25, 0.3) is 0 Å². The molecule has 1 N–H and O–H groups in total. The number of nitrogens with zero attached hydrogens (tertiary/aromatic N) is 1. The summed E-state index contributed by atoms with van der Waals surface area (Å²) >= 11 is 0. The summed E-state index contributed by atoms with van der Waals surface area (Å²) in [5, 5.41) is 3.59. The van der Waals surface area contributed by atoms with Crippen molar-refractivity contribution in [2.45, 2.75) is 53.0 Å². The molecule has 1 aromatic rings. The molecule has 19 heavy (non-hydrogen) atoms. The topological polar surface area (TPSA) is 15.3 Å². The highest BCUT2D eigenvalue weighted by molar-refractivity contribution is 5.63. The minimum Gasteiger partial charge on any atom is -0.374 e. The van der Waals surface area contributed by atoms with E-state index < -0.39 is 0 Å². The van der Waals surface area contributed by atoms with Gasteiger partial charge in [-0.2, -0.15) is 0 Å². The fourth-order valence-electron chi connectivity index (χ4n) is 3.23. The minimum atomic E-state index is 0.731. The van der Waals surface area contributed by atoms with Crippen LogP contribution < -0.4 is 10.2 Å². The Bertz CT molecular complexity index is 419. The lowest BCUT2D eigenvalue weighted by molar-refractivity contribution is 0.558. The van der Waals surface area contributed by atoms with Gasteiger partial charge < -0.3 is 10.2 Å². The van der Waals surface area contributed by atoms with Crippen molar-refractivity contribution in [1.82, 2.24) is 5.32 Å². The van der Waals surface area contributed by atoms with E-state index in [4.69, 9.17) is 0 Å². The maximum Gasteiger partial charge on any atom is 0.0428 e. The lowest BCUT2D eigenvalue weighted by atomic mass is 9.97. The number of nitrogens with one attached hydrogen (secondary N) is 1. The summed E-state index contributed by atoms with van der Waals surface area (Å²) in [5.41, 5.74) is 7.12. The van der Waals surface area contributed by atoms with E-state index in [0.29, 0.717) is 0 Å². The van der Waals surface area contributed by atoms with E-state index >= 15 is 0 Å². The van der Waals surface area contributed by atoms with Crippen molar-refractivity contribution in [3.05, 3.63) is 28.3 Å². The summed E-state index contributed by atoms with van der Waals surface area (Å²) < 4.78 is 0. The SMILES string of the molecule is Cc1cc(C)c(C)c(N(C)CCC2CCCN2)c1C. The molecule has 2 nitrogen and oxygen atoms in total. The molecule has 1 fully saturated rings. The Morgan fingerprint density at radius 2 is 1.79 bits per heavy atom. The smallest absolute Gasteiger partial charge is 0.0428 e. The Kier molecular flexibility index (Phi) is 4.51. The second-order valence-corrected chi connectivity index (χ2v) is 6.11. The number of benzene rings is 1. The minimum absolute atomic E-state index is 0.731. The molecule has 0 aliphatic carbocycles. The first kappa shape index (κ1) is 14.4. The molecule has 2 rings (SSSR count). The van der Waals surface area contributed by atoms with Crippen LogP contribution in [0.5, 0.6) is 0 Å². The van der Waals surface area contributed by atoms with Crippen LogP contribution >= 0.6 is 0 Å². The third kappa shape index (κ3) is 3.11. The fraction of sp³-hybridized carbons (Fsp3) is 0.647. The van der Waals surface area contributed by atoms with Gasteiger partial charge in [-0.1, -0.05) is 6.07 Å².